The molecular weight excluding hydrogens is 266 g/mol. The van der Waals surface area contributed by atoms with E-state index in [2.05, 4.69) is 5.32 Å². The molecule has 0 saturated carbocycles. The molecule has 1 rings (SSSR count). The summed E-state index contributed by atoms with van der Waals surface area (Å²) in [5.74, 6) is 0.749. The van der Waals surface area contributed by atoms with Gasteiger partial charge in [0.05, 0.1) is 12.7 Å². The highest BCUT2D eigenvalue weighted by molar-refractivity contribution is 6.30. The van der Waals surface area contributed by atoms with Crippen molar-refractivity contribution in [2.45, 2.75) is 39.1 Å². The van der Waals surface area contributed by atoms with Gasteiger partial charge in [0.1, 0.15) is 18.6 Å². The van der Waals surface area contributed by atoms with Crippen LogP contribution in [0.3, 0.4) is 0 Å². The van der Waals surface area contributed by atoms with Crippen molar-refractivity contribution in [3.63, 3.8) is 0 Å². The van der Waals surface area contributed by atoms with Gasteiger partial charge in [-0.25, -0.2) is 0 Å². The van der Waals surface area contributed by atoms with Crippen molar-refractivity contribution in [2.75, 3.05) is 13.2 Å². The van der Waals surface area contributed by atoms with Crippen molar-refractivity contribution in [3.8, 4) is 5.75 Å². The lowest BCUT2D eigenvalue weighted by molar-refractivity contribution is -0.0594. The Hall–Kier alpha value is -0.810. The second-order valence-corrected chi connectivity index (χ2v) is 5.09. The summed E-state index contributed by atoms with van der Waals surface area (Å²) in [5, 5.41) is 13.4. The van der Waals surface area contributed by atoms with Gasteiger partial charge in [0.15, 0.2) is 0 Å². The molecule has 2 atom stereocenters. The van der Waals surface area contributed by atoms with Crippen LogP contribution in [0.4, 0.5) is 0 Å². The molecule has 0 amide bonds. The van der Waals surface area contributed by atoms with Crippen LogP contribution in [-0.4, -0.2) is 36.7 Å². The van der Waals surface area contributed by atoms with Gasteiger partial charge in [0.2, 0.25) is 0 Å². The Morgan fingerprint density at radius 2 is 1.79 bits per heavy atom. The largest absolute Gasteiger partial charge is 0.491 e. The van der Waals surface area contributed by atoms with Gasteiger partial charge in [-0.3, -0.25) is 5.32 Å². The summed E-state index contributed by atoms with van der Waals surface area (Å²) in [5.41, 5.74) is 0. The quantitative estimate of drug-likeness (QED) is 0.570. The molecule has 0 aliphatic carbocycles. The molecule has 0 aliphatic rings. The summed E-state index contributed by atoms with van der Waals surface area (Å²) >= 11 is 5.78. The van der Waals surface area contributed by atoms with Crippen LogP contribution < -0.4 is 10.1 Å². The summed E-state index contributed by atoms with van der Waals surface area (Å²) in [6, 6.07) is 7.41. The van der Waals surface area contributed by atoms with E-state index in [0.717, 1.165) is 5.75 Å². The molecule has 0 radical (unpaired) electrons. The summed E-state index contributed by atoms with van der Waals surface area (Å²) in [6.07, 6.45) is -0.952. The van der Waals surface area contributed by atoms with E-state index in [-0.39, 0.29) is 12.3 Å². The van der Waals surface area contributed by atoms with Gasteiger partial charge in [-0.05, 0) is 45.0 Å². The molecule has 0 aromatic heterocycles. The van der Waals surface area contributed by atoms with Crippen molar-refractivity contribution in [3.05, 3.63) is 29.3 Å². The number of halogens is 1. The van der Waals surface area contributed by atoms with E-state index in [1.54, 1.807) is 31.2 Å². The molecule has 0 aliphatic heterocycles. The molecule has 2 N–H and O–H groups in total. The number of nitrogens with one attached hydrogen (secondary N) is 1. The first-order valence-corrected chi connectivity index (χ1v) is 6.81. The highest BCUT2D eigenvalue weighted by Crippen LogP contribution is 2.15. The van der Waals surface area contributed by atoms with Crippen LogP contribution in [0.2, 0.25) is 5.02 Å². The van der Waals surface area contributed by atoms with Crippen molar-refractivity contribution in [1.82, 2.24) is 5.32 Å². The van der Waals surface area contributed by atoms with Gasteiger partial charge in [-0.15, -0.1) is 0 Å². The monoisotopic (exact) mass is 287 g/mol. The number of hydrogen-bond acceptors (Lipinski definition) is 4. The molecule has 0 spiro atoms. The van der Waals surface area contributed by atoms with E-state index in [1.165, 1.54) is 0 Å². The lowest BCUT2D eigenvalue weighted by Crippen LogP contribution is -2.44. The average molecular weight is 288 g/mol. The lowest BCUT2D eigenvalue weighted by Gasteiger charge is -2.24. The van der Waals surface area contributed by atoms with Crippen molar-refractivity contribution in [1.29, 1.82) is 0 Å². The molecule has 19 heavy (non-hydrogen) atoms. The average Bonchev–Trinajstić information content (AvgIpc) is 2.34. The van der Waals surface area contributed by atoms with E-state index in [9.17, 15) is 5.11 Å². The summed E-state index contributed by atoms with van der Waals surface area (Å²) < 4.78 is 11.1. The van der Waals surface area contributed by atoms with E-state index >= 15 is 0 Å². The van der Waals surface area contributed by atoms with Gasteiger partial charge in [-0.2, -0.15) is 0 Å². The Bertz CT molecular complexity index is 354. The van der Waals surface area contributed by atoms with Crippen molar-refractivity contribution < 1.29 is 14.6 Å². The van der Waals surface area contributed by atoms with Crippen LogP contribution in [0.25, 0.3) is 0 Å². The second kappa shape index (κ2) is 8.38. The summed E-state index contributed by atoms with van der Waals surface area (Å²) in [7, 11) is 0. The maximum absolute atomic E-state index is 9.56. The number of aliphatic hydroxyl groups is 1. The number of benzene rings is 1. The van der Waals surface area contributed by atoms with Gasteiger partial charge >= 0.3 is 0 Å². The Kier molecular flexibility index (Phi) is 7.16. The minimum Gasteiger partial charge on any atom is -0.491 e. The standard InChI is InChI=1S/C14H22ClNO3/c1-10(2)16-14(11(3)17)19-9-8-18-13-6-4-12(15)5-7-13/h4-7,10-11,14,16-17H,8-9H2,1-3H3. The highest BCUT2D eigenvalue weighted by atomic mass is 35.5. The topological polar surface area (TPSA) is 50.7 Å². The van der Waals surface area contributed by atoms with Crippen LogP contribution in [0, 0.1) is 0 Å². The fraction of sp³-hybridized carbons (Fsp3) is 0.571. The molecule has 108 valence electrons. The number of ether oxygens (including phenoxy) is 2. The minimum absolute atomic E-state index is 0.247. The fourth-order valence-corrected chi connectivity index (χ4v) is 1.65. The zero-order valence-electron chi connectivity index (χ0n) is 11.6. The van der Waals surface area contributed by atoms with E-state index in [1.807, 2.05) is 13.8 Å². The Balaban J connectivity index is 2.26. The summed E-state index contributed by atoms with van der Waals surface area (Å²) in [6.45, 7) is 6.52. The third-order valence-corrected chi connectivity index (χ3v) is 2.65. The molecule has 0 heterocycles. The first kappa shape index (κ1) is 16.2. The molecule has 1 aromatic carbocycles. The lowest BCUT2D eigenvalue weighted by atomic mass is 10.3. The van der Waals surface area contributed by atoms with Gasteiger partial charge in [0.25, 0.3) is 0 Å². The van der Waals surface area contributed by atoms with Gasteiger partial charge in [-0.1, -0.05) is 11.6 Å². The summed E-state index contributed by atoms with van der Waals surface area (Å²) in [4.78, 5) is 0. The van der Waals surface area contributed by atoms with Gasteiger partial charge in [0, 0.05) is 11.1 Å². The van der Waals surface area contributed by atoms with Crippen molar-refractivity contribution in [2.24, 2.45) is 0 Å². The zero-order valence-corrected chi connectivity index (χ0v) is 12.4. The molecule has 0 fully saturated rings. The van der Waals surface area contributed by atoms with Crippen LogP contribution in [0.15, 0.2) is 24.3 Å². The molecule has 0 bridgehead atoms. The number of rotatable bonds is 8. The zero-order chi connectivity index (χ0) is 14.3. The van der Waals surface area contributed by atoms with Crippen LogP contribution >= 0.6 is 11.6 Å². The Labute approximate surface area is 119 Å². The second-order valence-electron chi connectivity index (χ2n) is 4.66. The molecule has 0 saturated heterocycles. The van der Waals surface area contributed by atoms with E-state index in [4.69, 9.17) is 21.1 Å². The molecule has 1 aromatic rings. The highest BCUT2D eigenvalue weighted by Gasteiger charge is 2.15. The molecule has 4 nitrogen and oxygen atoms in total. The Morgan fingerprint density at radius 3 is 2.32 bits per heavy atom. The molecular formula is C14H22ClNO3. The third kappa shape index (κ3) is 6.78. The Morgan fingerprint density at radius 1 is 1.16 bits per heavy atom. The number of aliphatic hydroxyl groups excluding tert-OH is 1. The predicted octanol–water partition coefficient (Wildman–Crippen LogP) is 2.44. The molecule has 2 unspecified atom stereocenters. The predicted molar refractivity (Wildman–Crippen MR) is 76.6 cm³/mol. The SMILES string of the molecule is CC(C)NC(OCCOc1ccc(Cl)cc1)C(C)O. The van der Waals surface area contributed by atoms with E-state index < -0.39 is 6.10 Å². The fourth-order valence-electron chi connectivity index (χ4n) is 1.52. The third-order valence-electron chi connectivity index (χ3n) is 2.40. The first-order chi connectivity index (χ1) is 8.99. The van der Waals surface area contributed by atoms with Crippen LogP contribution in [0.5, 0.6) is 5.75 Å². The van der Waals surface area contributed by atoms with Gasteiger partial charge < -0.3 is 14.6 Å². The first-order valence-electron chi connectivity index (χ1n) is 6.43. The normalized spacial score (nSPS) is 14.4. The van der Waals surface area contributed by atoms with Crippen LogP contribution in [0.1, 0.15) is 20.8 Å². The van der Waals surface area contributed by atoms with E-state index in [0.29, 0.717) is 18.2 Å². The maximum atomic E-state index is 9.56. The smallest absolute Gasteiger partial charge is 0.134 e. The number of hydrogen-bond donors (Lipinski definition) is 2. The maximum Gasteiger partial charge on any atom is 0.134 e. The molecule has 5 heteroatoms. The van der Waals surface area contributed by atoms with Crippen molar-refractivity contribution >= 4 is 11.6 Å². The van der Waals surface area contributed by atoms with Crippen LogP contribution in [-0.2, 0) is 4.74 Å². The minimum atomic E-state index is -0.571.